The van der Waals surface area contributed by atoms with Crippen molar-refractivity contribution in [2.75, 3.05) is 0 Å². The lowest BCUT2D eigenvalue weighted by atomic mass is 10.1. The Morgan fingerprint density at radius 2 is 2.15 bits per heavy atom. The average molecular weight is 330 g/mol. The summed E-state index contributed by atoms with van der Waals surface area (Å²) in [7, 11) is 0. The Labute approximate surface area is 131 Å². The molecule has 0 amide bonds. The summed E-state index contributed by atoms with van der Waals surface area (Å²) < 4.78 is 0. The Kier molecular flexibility index (Phi) is 5.02. The van der Waals surface area contributed by atoms with E-state index < -0.39 is 5.97 Å². The molecule has 0 saturated heterocycles. The van der Waals surface area contributed by atoms with Crippen molar-refractivity contribution in [3.63, 3.8) is 0 Å². The van der Waals surface area contributed by atoms with E-state index >= 15 is 0 Å². The summed E-state index contributed by atoms with van der Waals surface area (Å²) >= 11 is 13.6. The van der Waals surface area contributed by atoms with Crippen molar-refractivity contribution in [1.82, 2.24) is 4.98 Å². The molecule has 0 radical (unpaired) electrons. The van der Waals surface area contributed by atoms with E-state index in [2.05, 4.69) is 4.98 Å². The van der Waals surface area contributed by atoms with Gasteiger partial charge < -0.3 is 5.11 Å². The number of aromatic nitrogens is 1. The van der Waals surface area contributed by atoms with Crippen LogP contribution in [0.2, 0.25) is 10.0 Å². The third kappa shape index (κ3) is 3.95. The molecule has 3 nitrogen and oxygen atoms in total. The van der Waals surface area contributed by atoms with Crippen LogP contribution in [0, 0.1) is 6.92 Å². The molecule has 0 fully saturated rings. The molecular formula is C14H13Cl2NO2S. The summed E-state index contributed by atoms with van der Waals surface area (Å²) in [5.41, 5.74) is 1.87. The molecule has 6 heteroatoms. The molecule has 1 aromatic carbocycles. The second kappa shape index (κ2) is 6.57. The van der Waals surface area contributed by atoms with Crippen molar-refractivity contribution in [3.05, 3.63) is 49.4 Å². The summed E-state index contributed by atoms with van der Waals surface area (Å²) in [6.07, 6.45) is 1.28. The number of carboxylic acid groups (broad SMARTS) is 1. The fourth-order valence-electron chi connectivity index (χ4n) is 1.84. The summed E-state index contributed by atoms with van der Waals surface area (Å²) in [6.45, 7) is 1.90. The van der Waals surface area contributed by atoms with Gasteiger partial charge in [0.15, 0.2) is 0 Å². The van der Waals surface area contributed by atoms with Gasteiger partial charge in [0.05, 0.1) is 17.1 Å². The number of hydrogen-bond acceptors (Lipinski definition) is 3. The van der Waals surface area contributed by atoms with Crippen LogP contribution in [-0.2, 0) is 17.6 Å². The number of nitrogens with zero attached hydrogens (tertiary/aromatic N) is 1. The molecule has 0 aliphatic carbocycles. The summed E-state index contributed by atoms with van der Waals surface area (Å²) in [5, 5.41) is 10.9. The lowest BCUT2D eigenvalue weighted by molar-refractivity contribution is -0.136. The number of rotatable bonds is 5. The van der Waals surface area contributed by atoms with Crippen LogP contribution in [0.1, 0.15) is 27.6 Å². The van der Waals surface area contributed by atoms with Crippen molar-refractivity contribution < 1.29 is 9.90 Å². The second-order valence-corrected chi connectivity index (χ2v) is 6.43. The lowest BCUT2D eigenvalue weighted by Gasteiger charge is -2.01. The molecule has 0 saturated carbocycles. The monoisotopic (exact) mass is 329 g/mol. The maximum Gasteiger partial charge on any atom is 0.303 e. The zero-order valence-electron chi connectivity index (χ0n) is 10.8. The lowest BCUT2D eigenvalue weighted by Crippen LogP contribution is -1.96. The van der Waals surface area contributed by atoms with Gasteiger partial charge in [-0.1, -0.05) is 29.3 Å². The summed E-state index contributed by atoms with van der Waals surface area (Å²) in [6, 6.07) is 5.40. The number of thiazole rings is 1. The minimum absolute atomic E-state index is 0.129. The highest BCUT2D eigenvalue weighted by molar-refractivity contribution is 7.11. The standard InChI is InChI=1S/C14H13Cl2NO2S/c1-8-12(4-5-14(18)19)20-13(17-8)6-9-2-3-10(15)7-11(9)16/h2-3,7H,4-6H2,1H3,(H,18,19). The highest BCUT2D eigenvalue weighted by Gasteiger charge is 2.11. The molecule has 0 aliphatic rings. The van der Waals surface area contributed by atoms with Crippen LogP contribution < -0.4 is 0 Å². The van der Waals surface area contributed by atoms with E-state index in [0.29, 0.717) is 22.9 Å². The quantitative estimate of drug-likeness (QED) is 0.886. The Balaban J connectivity index is 2.13. The van der Waals surface area contributed by atoms with Crippen molar-refractivity contribution in [2.24, 2.45) is 0 Å². The molecule has 20 heavy (non-hydrogen) atoms. The molecule has 2 rings (SSSR count). The fourth-order valence-corrected chi connectivity index (χ4v) is 3.41. The minimum Gasteiger partial charge on any atom is -0.481 e. The van der Waals surface area contributed by atoms with Gasteiger partial charge in [0.2, 0.25) is 0 Å². The fraction of sp³-hybridized carbons (Fsp3) is 0.286. The molecule has 0 spiro atoms. The molecule has 0 aliphatic heterocycles. The molecule has 2 aromatic rings. The zero-order valence-corrected chi connectivity index (χ0v) is 13.1. The molecule has 0 unspecified atom stereocenters. The predicted octanol–water partition coefficient (Wildman–Crippen LogP) is 4.37. The first-order valence-corrected chi connectivity index (χ1v) is 7.64. The number of hydrogen-bond donors (Lipinski definition) is 1. The van der Waals surface area contributed by atoms with Crippen LogP contribution in [0.5, 0.6) is 0 Å². The Bertz CT molecular complexity index is 640. The minimum atomic E-state index is -0.792. The zero-order chi connectivity index (χ0) is 14.7. The van der Waals surface area contributed by atoms with Crippen molar-refractivity contribution >= 4 is 40.5 Å². The number of halogens is 2. The van der Waals surface area contributed by atoms with Gasteiger partial charge in [-0.25, -0.2) is 4.98 Å². The smallest absolute Gasteiger partial charge is 0.303 e. The van der Waals surface area contributed by atoms with Crippen LogP contribution in [-0.4, -0.2) is 16.1 Å². The van der Waals surface area contributed by atoms with Gasteiger partial charge in [-0.3, -0.25) is 4.79 Å². The van der Waals surface area contributed by atoms with Crippen molar-refractivity contribution in [2.45, 2.75) is 26.2 Å². The van der Waals surface area contributed by atoms with E-state index in [4.69, 9.17) is 28.3 Å². The van der Waals surface area contributed by atoms with Crippen LogP contribution in [0.25, 0.3) is 0 Å². The Morgan fingerprint density at radius 3 is 2.80 bits per heavy atom. The van der Waals surface area contributed by atoms with Gasteiger partial charge in [-0.15, -0.1) is 11.3 Å². The highest BCUT2D eigenvalue weighted by Crippen LogP contribution is 2.27. The van der Waals surface area contributed by atoms with Crippen LogP contribution in [0.3, 0.4) is 0 Å². The van der Waals surface area contributed by atoms with Crippen molar-refractivity contribution in [1.29, 1.82) is 0 Å². The molecule has 0 atom stereocenters. The van der Waals surface area contributed by atoms with Gasteiger partial charge in [-0.05, 0) is 31.0 Å². The van der Waals surface area contributed by atoms with Gasteiger partial charge in [0, 0.05) is 21.3 Å². The van der Waals surface area contributed by atoms with E-state index in [1.807, 2.05) is 13.0 Å². The molecule has 0 bridgehead atoms. The number of aryl methyl sites for hydroxylation is 2. The molecule has 106 valence electrons. The first kappa shape index (κ1) is 15.3. The number of aliphatic carboxylic acids is 1. The third-order valence-corrected chi connectivity index (χ3v) is 4.66. The number of carbonyl (C=O) groups is 1. The third-order valence-electron chi connectivity index (χ3n) is 2.86. The van der Waals surface area contributed by atoms with E-state index in [-0.39, 0.29) is 6.42 Å². The van der Waals surface area contributed by atoms with Crippen LogP contribution >= 0.6 is 34.5 Å². The maximum absolute atomic E-state index is 10.6. The predicted molar refractivity (Wildman–Crippen MR) is 82.1 cm³/mol. The molecular weight excluding hydrogens is 317 g/mol. The Hall–Kier alpha value is -1.10. The van der Waals surface area contributed by atoms with Gasteiger partial charge in [-0.2, -0.15) is 0 Å². The average Bonchev–Trinajstić information content (AvgIpc) is 2.71. The number of benzene rings is 1. The van der Waals surface area contributed by atoms with Crippen molar-refractivity contribution in [3.8, 4) is 0 Å². The molecule has 1 heterocycles. The van der Waals surface area contributed by atoms with Crippen LogP contribution in [0.15, 0.2) is 18.2 Å². The summed E-state index contributed by atoms with van der Waals surface area (Å²) in [5.74, 6) is -0.792. The van der Waals surface area contributed by atoms with Gasteiger partial charge in [0.25, 0.3) is 0 Å². The normalized spacial score (nSPS) is 10.8. The maximum atomic E-state index is 10.6. The Morgan fingerprint density at radius 1 is 1.40 bits per heavy atom. The van der Waals surface area contributed by atoms with Gasteiger partial charge >= 0.3 is 5.97 Å². The molecule has 1 aromatic heterocycles. The topological polar surface area (TPSA) is 50.2 Å². The van der Waals surface area contributed by atoms with E-state index in [1.165, 1.54) is 0 Å². The molecule has 1 N–H and O–H groups in total. The van der Waals surface area contributed by atoms with E-state index in [1.54, 1.807) is 23.5 Å². The summed E-state index contributed by atoms with van der Waals surface area (Å²) in [4.78, 5) is 16.1. The SMILES string of the molecule is Cc1nc(Cc2ccc(Cl)cc2Cl)sc1CCC(=O)O. The largest absolute Gasteiger partial charge is 0.481 e. The van der Waals surface area contributed by atoms with E-state index in [9.17, 15) is 4.79 Å². The number of carboxylic acids is 1. The van der Waals surface area contributed by atoms with Gasteiger partial charge in [0.1, 0.15) is 0 Å². The highest BCUT2D eigenvalue weighted by atomic mass is 35.5. The van der Waals surface area contributed by atoms with E-state index in [0.717, 1.165) is 21.1 Å². The van der Waals surface area contributed by atoms with Crippen LogP contribution in [0.4, 0.5) is 0 Å². The second-order valence-electron chi connectivity index (χ2n) is 4.42. The first-order chi connectivity index (χ1) is 9.45. The first-order valence-electron chi connectivity index (χ1n) is 6.06.